The number of ether oxygens (including phenoxy) is 1. The van der Waals surface area contributed by atoms with E-state index in [1.54, 1.807) is 18.2 Å². The Kier molecular flexibility index (Phi) is 6.03. The van der Waals surface area contributed by atoms with E-state index in [4.69, 9.17) is 4.74 Å². The molecule has 2 N–H and O–H groups in total. The maximum absolute atomic E-state index is 13.1. The molecule has 1 aliphatic heterocycles. The lowest BCUT2D eigenvalue weighted by Crippen LogP contribution is -2.42. The second kappa shape index (κ2) is 9.07. The van der Waals surface area contributed by atoms with Crippen molar-refractivity contribution in [3.05, 3.63) is 81.4 Å². The summed E-state index contributed by atoms with van der Waals surface area (Å²) in [5.41, 5.74) is -0.752. The lowest BCUT2D eigenvalue weighted by Gasteiger charge is -2.30. The Morgan fingerprint density at radius 3 is 2.70 bits per heavy atom. The molecular weight excluding hydrogens is 433 g/mol. The summed E-state index contributed by atoms with van der Waals surface area (Å²) in [6.07, 6.45) is 2.72. The number of aromatic nitrogens is 3. The molecule has 33 heavy (non-hydrogen) atoms. The maximum Gasteiger partial charge on any atom is 0.274 e. The third-order valence-corrected chi connectivity index (χ3v) is 5.18. The minimum atomic E-state index is -0.956. The van der Waals surface area contributed by atoms with Crippen LogP contribution in [0.3, 0.4) is 0 Å². The first kappa shape index (κ1) is 21.9. The van der Waals surface area contributed by atoms with Gasteiger partial charge in [0.25, 0.3) is 11.8 Å². The molecular formula is C22H20FN5O5. The lowest BCUT2D eigenvalue weighted by atomic mass is 10.1. The molecule has 2 aromatic heterocycles. The van der Waals surface area contributed by atoms with Gasteiger partial charge in [-0.05, 0) is 17.7 Å². The van der Waals surface area contributed by atoms with E-state index in [1.807, 2.05) is 0 Å². The third-order valence-electron chi connectivity index (χ3n) is 5.18. The number of hydrogen-bond donors (Lipinski definition) is 2. The van der Waals surface area contributed by atoms with Crippen molar-refractivity contribution in [2.75, 3.05) is 13.7 Å². The van der Waals surface area contributed by atoms with E-state index in [9.17, 15) is 23.9 Å². The number of nitrogens with zero attached hydrogens (tertiary/aromatic N) is 4. The van der Waals surface area contributed by atoms with Crippen molar-refractivity contribution in [3.8, 4) is 11.6 Å². The molecule has 170 valence electrons. The first-order valence-electron chi connectivity index (χ1n) is 10.0. The van der Waals surface area contributed by atoms with Gasteiger partial charge in [-0.2, -0.15) is 4.98 Å². The number of benzene rings is 1. The molecule has 0 saturated heterocycles. The Labute approximate surface area is 187 Å². The van der Waals surface area contributed by atoms with Crippen LogP contribution in [0.25, 0.3) is 0 Å². The largest absolute Gasteiger partial charge is 0.503 e. The van der Waals surface area contributed by atoms with Crippen LogP contribution >= 0.6 is 0 Å². The number of aromatic hydroxyl groups is 1. The standard InChI is InChI=1S/C22H20FN5O5/c1-33-17-6-7-24-16(26-17)10-25-21(31)15-12-27-8-9-28(11-13-2-4-14(23)5-3-13)22(32)18(27)20(30)19(15)29/h2-7,12,30H,8-11H2,1H3,(H,25,31). The van der Waals surface area contributed by atoms with Crippen LogP contribution in [0.5, 0.6) is 11.6 Å². The lowest BCUT2D eigenvalue weighted by molar-refractivity contribution is 0.0681. The number of nitrogens with one attached hydrogen (secondary N) is 1. The number of carbonyl (C=O) groups excluding carboxylic acids is 2. The smallest absolute Gasteiger partial charge is 0.274 e. The number of hydrogen-bond acceptors (Lipinski definition) is 7. The van der Waals surface area contributed by atoms with Crippen molar-refractivity contribution >= 4 is 11.8 Å². The summed E-state index contributed by atoms with van der Waals surface area (Å²) in [6.45, 7) is 0.664. The Morgan fingerprint density at radius 2 is 1.97 bits per heavy atom. The van der Waals surface area contributed by atoms with Gasteiger partial charge in [0.1, 0.15) is 11.4 Å². The van der Waals surface area contributed by atoms with Gasteiger partial charge in [0.05, 0.1) is 13.7 Å². The Morgan fingerprint density at radius 1 is 1.21 bits per heavy atom. The summed E-state index contributed by atoms with van der Waals surface area (Å²) in [5, 5.41) is 13.0. The van der Waals surface area contributed by atoms with Gasteiger partial charge in [0.2, 0.25) is 11.3 Å². The summed E-state index contributed by atoms with van der Waals surface area (Å²) < 4.78 is 19.5. The van der Waals surface area contributed by atoms with Gasteiger partial charge in [0.15, 0.2) is 17.3 Å². The molecule has 1 aliphatic rings. The summed E-state index contributed by atoms with van der Waals surface area (Å²) in [4.78, 5) is 47.7. The number of methoxy groups -OCH3 is 1. The van der Waals surface area contributed by atoms with Crippen molar-refractivity contribution in [1.29, 1.82) is 0 Å². The van der Waals surface area contributed by atoms with E-state index in [2.05, 4.69) is 15.3 Å². The van der Waals surface area contributed by atoms with Crippen LogP contribution in [-0.2, 0) is 19.6 Å². The number of carbonyl (C=O) groups is 2. The molecule has 0 saturated carbocycles. The van der Waals surface area contributed by atoms with Gasteiger partial charge in [-0.3, -0.25) is 14.4 Å². The molecule has 1 aromatic carbocycles. The zero-order valence-electron chi connectivity index (χ0n) is 17.6. The topological polar surface area (TPSA) is 127 Å². The zero-order valence-corrected chi connectivity index (χ0v) is 17.6. The summed E-state index contributed by atoms with van der Waals surface area (Å²) in [6, 6.07) is 7.26. The SMILES string of the molecule is COc1ccnc(CNC(=O)c2cn3c(c(O)c2=O)C(=O)N(Cc2ccc(F)cc2)CC3)n1. The molecule has 3 heterocycles. The molecule has 2 amide bonds. The van der Waals surface area contributed by atoms with Crippen molar-refractivity contribution in [2.24, 2.45) is 0 Å². The number of pyridine rings is 1. The normalized spacial score (nSPS) is 12.9. The van der Waals surface area contributed by atoms with Crippen molar-refractivity contribution in [2.45, 2.75) is 19.6 Å². The van der Waals surface area contributed by atoms with Crippen LogP contribution in [0.1, 0.15) is 32.2 Å². The highest BCUT2D eigenvalue weighted by Crippen LogP contribution is 2.22. The van der Waals surface area contributed by atoms with Crippen LogP contribution < -0.4 is 15.5 Å². The van der Waals surface area contributed by atoms with Crippen molar-refractivity contribution < 1.29 is 23.8 Å². The molecule has 3 aromatic rings. The zero-order chi connectivity index (χ0) is 23.5. The Hall–Kier alpha value is -4.28. The molecule has 11 heteroatoms. The molecule has 0 aliphatic carbocycles. The fourth-order valence-corrected chi connectivity index (χ4v) is 3.49. The van der Waals surface area contributed by atoms with Crippen molar-refractivity contribution in [1.82, 2.24) is 24.8 Å². The minimum Gasteiger partial charge on any atom is -0.503 e. The molecule has 0 unspecified atom stereocenters. The molecule has 4 rings (SSSR count). The van der Waals surface area contributed by atoms with Crippen LogP contribution in [-0.4, -0.2) is 50.0 Å². The highest BCUT2D eigenvalue weighted by molar-refractivity contribution is 5.99. The van der Waals surface area contributed by atoms with E-state index in [0.717, 1.165) is 0 Å². The molecule has 0 radical (unpaired) electrons. The van der Waals surface area contributed by atoms with Gasteiger partial charge in [-0.25, -0.2) is 9.37 Å². The summed E-state index contributed by atoms with van der Waals surface area (Å²) >= 11 is 0. The van der Waals surface area contributed by atoms with E-state index in [1.165, 1.54) is 41.1 Å². The van der Waals surface area contributed by atoms with Gasteiger partial charge in [-0.1, -0.05) is 12.1 Å². The average Bonchev–Trinajstić information content (AvgIpc) is 2.82. The van der Waals surface area contributed by atoms with Gasteiger partial charge < -0.3 is 24.6 Å². The van der Waals surface area contributed by atoms with Gasteiger partial charge in [-0.15, -0.1) is 0 Å². The fraction of sp³-hybridized carbons (Fsp3) is 0.227. The minimum absolute atomic E-state index is 0.0671. The second-order valence-electron chi connectivity index (χ2n) is 7.31. The van der Waals surface area contributed by atoms with Crippen LogP contribution in [0, 0.1) is 5.82 Å². The molecule has 0 atom stereocenters. The highest BCUT2D eigenvalue weighted by atomic mass is 19.1. The van der Waals surface area contributed by atoms with Crippen LogP contribution in [0.15, 0.2) is 47.5 Å². The number of rotatable bonds is 6. The van der Waals surface area contributed by atoms with Crippen LogP contribution in [0.2, 0.25) is 0 Å². The van der Waals surface area contributed by atoms with Gasteiger partial charge in [0, 0.05) is 38.1 Å². The Bertz CT molecular complexity index is 1280. The predicted molar refractivity (Wildman–Crippen MR) is 113 cm³/mol. The summed E-state index contributed by atoms with van der Waals surface area (Å²) in [5.74, 6) is -1.88. The molecule has 0 spiro atoms. The third kappa shape index (κ3) is 4.52. The highest BCUT2D eigenvalue weighted by Gasteiger charge is 2.30. The first-order valence-corrected chi connectivity index (χ1v) is 10.0. The van der Waals surface area contributed by atoms with Crippen LogP contribution in [0.4, 0.5) is 4.39 Å². The van der Waals surface area contributed by atoms with E-state index < -0.39 is 23.0 Å². The molecule has 0 bridgehead atoms. The van der Waals surface area contributed by atoms with E-state index in [-0.39, 0.29) is 49.1 Å². The fourth-order valence-electron chi connectivity index (χ4n) is 3.49. The van der Waals surface area contributed by atoms with Gasteiger partial charge >= 0.3 is 0 Å². The van der Waals surface area contributed by atoms with E-state index in [0.29, 0.717) is 11.4 Å². The Balaban J connectivity index is 1.53. The van der Waals surface area contributed by atoms with Crippen molar-refractivity contribution in [3.63, 3.8) is 0 Å². The monoisotopic (exact) mass is 453 g/mol. The molecule has 10 nitrogen and oxygen atoms in total. The second-order valence-corrected chi connectivity index (χ2v) is 7.31. The first-order chi connectivity index (χ1) is 15.9. The molecule has 0 fully saturated rings. The maximum atomic E-state index is 13.1. The average molecular weight is 453 g/mol. The summed E-state index contributed by atoms with van der Waals surface area (Å²) in [7, 11) is 1.45. The predicted octanol–water partition coefficient (Wildman–Crippen LogP) is 1.08. The number of amides is 2. The quantitative estimate of drug-likeness (QED) is 0.572. The van der Waals surface area contributed by atoms with E-state index >= 15 is 0 Å². The number of fused-ring (bicyclic) bond motifs is 1. The number of halogens is 1.